The van der Waals surface area contributed by atoms with E-state index in [4.69, 9.17) is 4.74 Å². The number of amides is 5. The van der Waals surface area contributed by atoms with Gasteiger partial charge in [-0.1, -0.05) is 12.1 Å². The number of ether oxygens (including phenoxy) is 1. The molecule has 2 aliphatic heterocycles. The number of nitrogens with one attached hydrogen (secondary N) is 2. The number of piperidine rings is 1. The molecule has 1 saturated heterocycles. The number of carbonyl (C=O) groups excluding carboxylic acids is 5. The highest BCUT2D eigenvalue weighted by Gasteiger charge is 2.42. The molecule has 2 heterocycles. The Kier molecular flexibility index (Phi) is 6.33. The summed E-state index contributed by atoms with van der Waals surface area (Å²) >= 11 is 0. The van der Waals surface area contributed by atoms with E-state index in [9.17, 15) is 24.0 Å². The highest BCUT2D eigenvalue weighted by Crippen LogP contribution is 2.23. The maximum Gasteiger partial charge on any atom is 0.410 e. The molecule has 0 radical (unpaired) electrons. The van der Waals surface area contributed by atoms with E-state index in [0.717, 1.165) is 16.5 Å². The molecule has 32 heavy (non-hydrogen) atoms. The van der Waals surface area contributed by atoms with Gasteiger partial charge in [-0.25, -0.2) is 4.79 Å². The average molecular weight is 442 g/mol. The SMILES string of the molecule is CN(Cc1cccc(NC2=CC(=O)N(C3CCC(=O)NC3=O)C2=O)c1)C(=O)OC(C)(C)C. The van der Waals surface area contributed by atoms with Crippen molar-refractivity contribution in [1.29, 1.82) is 0 Å². The van der Waals surface area contributed by atoms with Crippen LogP contribution < -0.4 is 10.6 Å². The Morgan fingerprint density at radius 2 is 1.97 bits per heavy atom. The van der Waals surface area contributed by atoms with Crippen molar-refractivity contribution in [3.05, 3.63) is 41.6 Å². The van der Waals surface area contributed by atoms with E-state index in [0.29, 0.717) is 5.69 Å². The zero-order valence-corrected chi connectivity index (χ0v) is 18.4. The largest absolute Gasteiger partial charge is 0.444 e. The highest BCUT2D eigenvalue weighted by atomic mass is 16.6. The van der Waals surface area contributed by atoms with E-state index in [1.807, 2.05) is 6.07 Å². The van der Waals surface area contributed by atoms with Crippen molar-refractivity contribution < 1.29 is 28.7 Å². The van der Waals surface area contributed by atoms with E-state index < -0.39 is 41.4 Å². The summed E-state index contributed by atoms with van der Waals surface area (Å²) < 4.78 is 5.34. The van der Waals surface area contributed by atoms with Gasteiger partial charge < -0.3 is 15.0 Å². The second kappa shape index (κ2) is 8.81. The van der Waals surface area contributed by atoms with Crippen molar-refractivity contribution >= 4 is 35.4 Å². The second-order valence-corrected chi connectivity index (χ2v) is 8.70. The number of hydrogen-bond donors (Lipinski definition) is 2. The van der Waals surface area contributed by atoms with Crippen molar-refractivity contribution in [1.82, 2.24) is 15.1 Å². The zero-order chi connectivity index (χ0) is 23.6. The lowest BCUT2D eigenvalue weighted by molar-refractivity contribution is -0.149. The molecular weight excluding hydrogens is 416 g/mol. The van der Waals surface area contributed by atoms with Gasteiger partial charge in [0, 0.05) is 31.8 Å². The molecule has 0 bridgehead atoms. The number of anilines is 1. The van der Waals surface area contributed by atoms with Gasteiger partial charge in [0.25, 0.3) is 11.8 Å². The minimum absolute atomic E-state index is 0.0253. The third-order valence-corrected chi connectivity index (χ3v) is 4.81. The van der Waals surface area contributed by atoms with Crippen LogP contribution in [-0.2, 0) is 30.5 Å². The molecule has 0 aromatic heterocycles. The first-order valence-electron chi connectivity index (χ1n) is 10.2. The molecule has 5 amide bonds. The van der Waals surface area contributed by atoms with Crippen LogP contribution in [0.4, 0.5) is 10.5 Å². The monoisotopic (exact) mass is 442 g/mol. The molecule has 0 saturated carbocycles. The second-order valence-electron chi connectivity index (χ2n) is 8.70. The lowest BCUT2D eigenvalue weighted by Gasteiger charge is -2.28. The summed E-state index contributed by atoms with van der Waals surface area (Å²) in [6.45, 7) is 5.64. The molecule has 170 valence electrons. The smallest absolute Gasteiger partial charge is 0.410 e. The Bertz CT molecular complexity index is 1010. The minimum atomic E-state index is -1.02. The lowest BCUT2D eigenvalue weighted by Crippen LogP contribution is -2.54. The molecular formula is C22H26N4O6. The van der Waals surface area contributed by atoms with Gasteiger partial charge in [-0.3, -0.25) is 29.4 Å². The molecule has 3 rings (SSSR count). The maximum atomic E-state index is 12.8. The fourth-order valence-corrected chi connectivity index (χ4v) is 3.38. The Morgan fingerprint density at radius 1 is 1.25 bits per heavy atom. The average Bonchev–Trinajstić information content (AvgIpc) is 2.94. The summed E-state index contributed by atoms with van der Waals surface area (Å²) in [6, 6.07) is 6.01. The third kappa shape index (κ3) is 5.32. The van der Waals surface area contributed by atoms with Gasteiger partial charge in [0.2, 0.25) is 11.8 Å². The summed E-state index contributed by atoms with van der Waals surface area (Å²) in [5.74, 6) is -2.34. The van der Waals surface area contributed by atoms with Crippen LogP contribution in [-0.4, -0.2) is 58.2 Å². The normalized spacial score (nSPS) is 18.9. The number of carbonyl (C=O) groups is 5. The Labute approximate surface area is 185 Å². The van der Waals surface area contributed by atoms with Gasteiger partial charge in [0.15, 0.2) is 0 Å². The van der Waals surface area contributed by atoms with Crippen molar-refractivity contribution in [2.75, 3.05) is 12.4 Å². The van der Waals surface area contributed by atoms with Gasteiger partial charge in [0.05, 0.1) is 0 Å². The van der Waals surface area contributed by atoms with E-state index in [1.165, 1.54) is 4.90 Å². The van der Waals surface area contributed by atoms with Crippen molar-refractivity contribution in [2.24, 2.45) is 0 Å². The molecule has 1 aromatic carbocycles. The van der Waals surface area contributed by atoms with Crippen LogP contribution in [0.3, 0.4) is 0 Å². The molecule has 2 aliphatic rings. The molecule has 10 heteroatoms. The maximum absolute atomic E-state index is 12.8. The summed E-state index contributed by atoms with van der Waals surface area (Å²) in [4.78, 5) is 63.0. The first-order chi connectivity index (χ1) is 14.9. The fraction of sp³-hybridized carbons (Fsp3) is 0.409. The Balaban J connectivity index is 1.66. The fourth-order valence-electron chi connectivity index (χ4n) is 3.38. The van der Waals surface area contributed by atoms with Crippen LogP contribution >= 0.6 is 0 Å². The van der Waals surface area contributed by atoms with Crippen LogP contribution in [0.2, 0.25) is 0 Å². The van der Waals surface area contributed by atoms with Gasteiger partial charge in [-0.05, 0) is 44.9 Å². The molecule has 1 aromatic rings. The number of hydrogen-bond acceptors (Lipinski definition) is 7. The molecule has 1 unspecified atom stereocenters. The molecule has 1 fully saturated rings. The minimum Gasteiger partial charge on any atom is -0.444 e. The standard InChI is InChI=1S/C22H26N4O6/c1-22(2,3)32-21(31)25(4)12-13-6-5-7-14(10-13)23-15-11-18(28)26(20(15)30)16-8-9-17(27)24-19(16)29/h5-7,10-11,16,23H,8-9,12H2,1-4H3,(H,24,27,29). The lowest BCUT2D eigenvalue weighted by atomic mass is 10.0. The van der Waals surface area contributed by atoms with E-state index in [2.05, 4.69) is 10.6 Å². The summed E-state index contributed by atoms with van der Waals surface area (Å²) in [5, 5.41) is 5.06. The van der Waals surface area contributed by atoms with Crippen molar-refractivity contribution in [3.63, 3.8) is 0 Å². The van der Waals surface area contributed by atoms with Gasteiger partial charge in [-0.15, -0.1) is 0 Å². The van der Waals surface area contributed by atoms with Gasteiger partial charge >= 0.3 is 6.09 Å². The summed E-state index contributed by atoms with van der Waals surface area (Å²) in [7, 11) is 1.62. The Hall–Kier alpha value is -3.69. The highest BCUT2D eigenvalue weighted by molar-refractivity contribution is 6.20. The molecule has 0 spiro atoms. The van der Waals surface area contributed by atoms with Gasteiger partial charge in [-0.2, -0.15) is 0 Å². The third-order valence-electron chi connectivity index (χ3n) is 4.81. The molecule has 10 nitrogen and oxygen atoms in total. The van der Waals surface area contributed by atoms with E-state index in [1.54, 1.807) is 46.0 Å². The van der Waals surface area contributed by atoms with E-state index >= 15 is 0 Å². The van der Waals surface area contributed by atoms with Crippen LogP contribution in [0.15, 0.2) is 36.0 Å². The quantitative estimate of drug-likeness (QED) is 0.663. The van der Waals surface area contributed by atoms with Crippen LogP contribution in [0.25, 0.3) is 0 Å². The predicted octanol–water partition coefficient (Wildman–Crippen LogP) is 1.52. The number of nitrogens with zero attached hydrogens (tertiary/aromatic N) is 2. The molecule has 0 aliphatic carbocycles. The number of benzene rings is 1. The number of rotatable bonds is 5. The first kappa shape index (κ1) is 23.0. The van der Waals surface area contributed by atoms with Crippen LogP contribution in [0, 0.1) is 0 Å². The summed E-state index contributed by atoms with van der Waals surface area (Å²) in [5.41, 5.74) is 0.739. The van der Waals surface area contributed by atoms with Gasteiger partial charge in [0.1, 0.15) is 17.3 Å². The van der Waals surface area contributed by atoms with E-state index in [-0.39, 0.29) is 25.1 Å². The van der Waals surface area contributed by atoms with Crippen molar-refractivity contribution in [3.8, 4) is 0 Å². The Morgan fingerprint density at radius 3 is 2.62 bits per heavy atom. The zero-order valence-electron chi connectivity index (χ0n) is 18.4. The molecule has 2 N–H and O–H groups in total. The predicted molar refractivity (Wildman–Crippen MR) is 114 cm³/mol. The molecule has 1 atom stereocenters. The van der Waals surface area contributed by atoms with Crippen LogP contribution in [0.1, 0.15) is 39.2 Å². The van der Waals surface area contributed by atoms with Crippen LogP contribution in [0.5, 0.6) is 0 Å². The van der Waals surface area contributed by atoms with Crippen molar-refractivity contribution in [2.45, 2.75) is 51.8 Å². The number of imide groups is 2. The topological polar surface area (TPSA) is 125 Å². The first-order valence-corrected chi connectivity index (χ1v) is 10.2. The summed E-state index contributed by atoms with van der Waals surface area (Å²) in [6.07, 6.45) is 0.820.